The van der Waals surface area contributed by atoms with Gasteiger partial charge in [0.15, 0.2) is 0 Å². The molecule has 1 fully saturated rings. The lowest BCUT2D eigenvalue weighted by atomic mass is 10.0. The first kappa shape index (κ1) is 20.6. The number of nitrogens with zero attached hydrogens (tertiary/aromatic N) is 2. The summed E-state index contributed by atoms with van der Waals surface area (Å²) in [7, 11) is 0. The van der Waals surface area contributed by atoms with E-state index in [-0.39, 0.29) is 18.4 Å². The lowest BCUT2D eigenvalue weighted by Gasteiger charge is -2.40. The first-order valence-electron chi connectivity index (χ1n) is 10.5. The highest BCUT2D eigenvalue weighted by atomic mass is 16.2. The van der Waals surface area contributed by atoms with E-state index in [1.165, 1.54) is 0 Å². The van der Waals surface area contributed by atoms with Crippen LogP contribution in [0.1, 0.15) is 22.3 Å². The first-order chi connectivity index (χ1) is 15.0. The van der Waals surface area contributed by atoms with E-state index in [0.717, 1.165) is 33.6 Å². The van der Waals surface area contributed by atoms with Crippen LogP contribution in [0.5, 0.6) is 0 Å². The van der Waals surface area contributed by atoms with Crippen molar-refractivity contribution < 1.29 is 9.59 Å². The molecule has 2 amide bonds. The number of piperazine rings is 1. The Morgan fingerprint density at radius 1 is 0.806 bits per heavy atom. The zero-order valence-corrected chi connectivity index (χ0v) is 18.1. The average Bonchev–Trinajstić information content (AvgIpc) is 2.76. The Hall–Kier alpha value is -3.66. The molecule has 1 aliphatic heterocycles. The summed E-state index contributed by atoms with van der Waals surface area (Å²) in [6, 6.07) is 22.7. The van der Waals surface area contributed by atoms with Crippen molar-refractivity contribution in [2.24, 2.45) is 0 Å². The summed E-state index contributed by atoms with van der Waals surface area (Å²) in [4.78, 5) is 30.3. The number of carbonyl (C=O) groups is 2. The monoisotopic (exact) mass is 410 g/mol. The second kappa shape index (κ2) is 8.60. The van der Waals surface area contributed by atoms with Crippen molar-refractivity contribution >= 4 is 29.3 Å². The first-order valence-corrected chi connectivity index (χ1v) is 10.5. The van der Waals surface area contributed by atoms with Gasteiger partial charge in [-0.25, -0.2) is 0 Å². The highest BCUT2D eigenvalue weighted by Crippen LogP contribution is 2.31. The van der Waals surface area contributed by atoms with Gasteiger partial charge in [-0.2, -0.15) is 0 Å². The Bertz CT molecular complexity index is 1110. The summed E-state index contributed by atoms with van der Waals surface area (Å²) in [5.41, 5.74) is 5.60. The predicted molar refractivity (Wildman–Crippen MR) is 126 cm³/mol. The maximum absolute atomic E-state index is 13.7. The Balaban J connectivity index is 1.78. The number of carbonyl (C=O) groups excluding carboxylic acids is 2. The van der Waals surface area contributed by atoms with Gasteiger partial charge in [0.05, 0.1) is 5.69 Å². The predicted octanol–water partition coefficient (Wildman–Crippen LogP) is 5.07. The van der Waals surface area contributed by atoms with Gasteiger partial charge in [-0.3, -0.25) is 14.5 Å². The van der Waals surface area contributed by atoms with E-state index in [0.29, 0.717) is 0 Å². The molecule has 0 aromatic heterocycles. The van der Waals surface area contributed by atoms with Gasteiger partial charge < -0.3 is 4.90 Å². The Labute approximate surface area is 183 Å². The van der Waals surface area contributed by atoms with Crippen LogP contribution in [0.3, 0.4) is 0 Å². The lowest BCUT2D eigenvalue weighted by molar-refractivity contribution is -0.127. The molecular formula is C27H26N2O2. The van der Waals surface area contributed by atoms with E-state index in [1.807, 2.05) is 106 Å². The van der Waals surface area contributed by atoms with Crippen molar-refractivity contribution in [3.63, 3.8) is 0 Å². The Morgan fingerprint density at radius 2 is 1.45 bits per heavy atom. The molecule has 3 aromatic carbocycles. The molecule has 1 unspecified atom stereocenters. The smallest absolute Gasteiger partial charge is 0.254 e. The van der Waals surface area contributed by atoms with Crippen molar-refractivity contribution in [3.05, 3.63) is 101 Å². The molecule has 1 atom stereocenters. The Morgan fingerprint density at radius 3 is 2.10 bits per heavy atom. The Kier molecular flexibility index (Phi) is 5.72. The lowest BCUT2D eigenvalue weighted by Crippen LogP contribution is -2.60. The summed E-state index contributed by atoms with van der Waals surface area (Å²) in [5, 5.41) is 0. The fraction of sp³-hybridized carbons (Fsp3) is 0.185. The zero-order valence-electron chi connectivity index (χ0n) is 18.1. The van der Waals surface area contributed by atoms with Crippen LogP contribution in [0.2, 0.25) is 0 Å². The van der Waals surface area contributed by atoms with Gasteiger partial charge >= 0.3 is 0 Å². The molecule has 31 heavy (non-hydrogen) atoms. The molecule has 0 bridgehead atoms. The molecule has 0 radical (unpaired) electrons. The number of rotatable bonds is 4. The van der Waals surface area contributed by atoms with Crippen molar-refractivity contribution in [2.45, 2.75) is 26.8 Å². The number of benzene rings is 3. The van der Waals surface area contributed by atoms with Gasteiger partial charge in [0.2, 0.25) is 5.91 Å². The molecule has 0 saturated carbocycles. The minimum atomic E-state index is -0.719. The maximum Gasteiger partial charge on any atom is 0.254 e. The summed E-state index contributed by atoms with van der Waals surface area (Å²) >= 11 is 0. The standard InChI is InChI=1S/C27H26N2O2/c1-19-12-15-23(16-13-19)29-24(17-14-22-10-5-4-6-11-22)27(31)28(18-25(29)30)26-20(2)8-7-9-21(26)3/h4-17,24H,18H2,1-3H3. The van der Waals surface area contributed by atoms with Gasteiger partial charge in [-0.1, -0.05) is 78.4 Å². The van der Waals surface area contributed by atoms with Crippen molar-refractivity contribution in [2.75, 3.05) is 16.3 Å². The van der Waals surface area contributed by atoms with E-state index in [2.05, 4.69) is 0 Å². The van der Waals surface area contributed by atoms with Crippen LogP contribution in [-0.2, 0) is 9.59 Å². The SMILES string of the molecule is Cc1ccc(N2C(=O)CN(c3c(C)cccc3C)C(=O)C2C=Cc2ccccc2)cc1. The summed E-state index contributed by atoms with van der Waals surface area (Å²) < 4.78 is 0. The summed E-state index contributed by atoms with van der Waals surface area (Å²) in [6.07, 6.45) is 3.74. The van der Waals surface area contributed by atoms with E-state index in [1.54, 1.807) is 9.80 Å². The largest absolute Gasteiger partial charge is 0.300 e. The third-order valence-electron chi connectivity index (χ3n) is 5.65. The fourth-order valence-corrected chi connectivity index (χ4v) is 4.08. The van der Waals surface area contributed by atoms with E-state index in [4.69, 9.17) is 0 Å². The van der Waals surface area contributed by atoms with Crippen LogP contribution in [0.25, 0.3) is 6.08 Å². The summed E-state index contributed by atoms with van der Waals surface area (Å²) in [6.45, 7) is 5.97. The second-order valence-corrected chi connectivity index (χ2v) is 7.98. The zero-order chi connectivity index (χ0) is 22.0. The molecule has 156 valence electrons. The molecule has 1 aliphatic rings. The van der Waals surface area contributed by atoms with Crippen LogP contribution < -0.4 is 9.80 Å². The van der Waals surface area contributed by atoms with Crippen LogP contribution in [0.4, 0.5) is 11.4 Å². The fourth-order valence-electron chi connectivity index (χ4n) is 4.08. The second-order valence-electron chi connectivity index (χ2n) is 7.98. The highest BCUT2D eigenvalue weighted by molar-refractivity contribution is 6.15. The maximum atomic E-state index is 13.7. The third kappa shape index (κ3) is 4.15. The summed E-state index contributed by atoms with van der Waals surface area (Å²) in [5.74, 6) is -0.210. The van der Waals surface area contributed by atoms with Gasteiger partial charge in [0.1, 0.15) is 12.6 Å². The molecule has 4 heteroatoms. The average molecular weight is 411 g/mol. The van der Waals surface area contributed by atoms with Crippen LogP contribution in [0.15, 0.2) is 78.9 Å². The van der Waals surface area contributed by atoms with Gasteiger partial charge in [0.25, 0.3) is 5.91 Å². The van der Waals surface area contributed by atoms with Gasteiger partial charge in [-0.15, -0.1) is 0 Å². The number of hydrogen-bond donors (Lipinski definition) is 0. The number of anilines is 2. The molecule has 0 N–H and O–H groups in total. The quantitative estimate of drug-likeness (QED) is 0.602. The molecule has 4 rings (SSSR count). The highest BCUT2D eigenvalue weighted by Gasteiger charge is 2.40. The van der Waals surface area contributed by atoms with Gasteiger partial charge in [0, 0.05) is 5.69 Å². The molecule has 0 spiro atoms. The minimum absolute atomic E-state index is 0.0219. The van der Waals surface area contributed by atoms with Crippen molar-refractivity contribution in [3.8, 4) is 0 Å². The molecule has 3 aromatic rings. The van der Waals surface area contributed by atoms with E-state index in [9.17, 15) is 9.59 Å². The van der Waals surface area contributed by atoms with Crippen LogP contribution in [0, 0.1) is 20.8 Å². The number of para-hydroxylation sites is 1. The molecule has 4 nitrogen and oxygen atoms in total. The topological polar surface area (TPSA) is 40.6 Å². The number of hydrogen-bond acceptors (Lipinski definition) is 2. The molecule has 1 saturated heterocycles. The molecule has 1 heterocycles. The van der Waals surface area contributed by atoms with Crippen LogP contribution in [-0.4, -0.2) is 24.4 Å². The number of aryl methyl sites for hydroxylation is 3. The molecular weight excluding hydrogens is 384 g/mol. The minimum Gasteiger partial charge on any atom is -0.300 e. The normalized spacial score (nSPS) is 16.9. The van der Waals surface area contributed by atoms with Crippen molar-refractivity contribution in [1.29, 1.82) is 0 Å². The van der Waals surface area contributed by atoms with E-state index < -0.39 is 6.04 Å². The van der Waals surface area contributed by atoms with Gasteiger partial charge in [-0.05, 0) is 49.6 Å². The number of amides is 2. The van der Waals surface area contributed by atoms with E-state index >= 15 is 0 Å². The van der Waals surface area contributed by atoms with Crippen molar-refractivity contribution in [1.82, 2.24) is 0 Å². The van der Waals surface area contributed by atoms with Crippen LogP contribution >= 0.6 is 0 Å². The molecule has 0 aliphatic carbocycles. The third-order valence-corrected chi connectivity index (χ3v) is 5.65.